The summed E-state index contributed by atoms with van der Waals surface area (Å²) in [6.45, 7) is 3.12. The average Bonchev–Trinajstić information content (AvgIpc) is 2.59. The summed E-state index contributed by atoms with van der Waals surface area (Å²) in [4.78, 5) is 19.1. The van der Waals surface area contributed by atoms with Crippen molar-refractivity contribution in [2.75, 3.05) is 30.9 Å². The molecule has 0 bridgehead atoms. The summed E-state index contributed by atoms with van der Waals surface area (Å²) in [5.41, 5.74) is 1.69. The van der Waals surface area contributed by atoms with Crippen molar-refractivity contribution in [2.45, 2.75) is 19.8 Å². The van der Waals surface area contributed by atoms with E-state index < -0.39 is 4.92 Å². The monoisotopic (exact) mass is 331 g/mol. The highest BCUT2D eigenvalue weighted by Crippen LogP contribution is 2.32. The van der Waals surface area contributed by atoms with E-state index in [1.807, 2.05) is 31.2 Å². The second-order valence-corrected chi connectivity index (χ2v) is 5.09. The molecule has 128 valence electrons. The number of para-hydroxylation sites is 1. The maximum atomic E-state index is 11.5. The lowest BCUT2D eigenvalue weighted by molar-refractivity contribution is -0.383. The quantitative estimate of drug-likeness (QED) is 0.413. The second-order valence-electron chi connectivity index (χ2n) is 5.09. The molecule has 1 aromatic heterocycles. The van der Waals surface area contributed by atoms with Gasteiger partial charge < -0.3 is 15.4 Å². The van der Waals surface area contributed by atoms with E-state index in [4.69, 9.17) is 4.74 Å². The van der Waals surface area contributed by atoms with E-state index in [-0.39, 0.29) is 17.3 Å². The first kappa shape index (κ1) is 17.6. The van der Waals surface area contributed by atoms with Crippen molar-refractivity contribution in [1.82, 2.24) is 9.97 Å². The van der Waals surface area contributed by atoms with Crippen LogP contribution in [0.4, 0.5) is 23.0 Å². The summed E-state index contributed by atoms with van der Waals surface area (Å²) in [6, 6.07) is 7.65. The lowest BCUT2D eigenvalue weighted by Gasteiger charge is -2.12. The molecule has 24 heavy (non-hydrogen) atoms. The highest BCUT2D eigenvalue weighted by atomic mass is 16.6. The van der Waals surface area contributed by atoms with Crippen LogP contribution in [0, 0.1) is 10.1 Å². The molecule has 0 spiro atoms. The number of hydrogen-bond donors (Lipinski definition) is 2. The van der Waals surface area contributed by atoms with Gasteiger partial charge in [0.1, 0.15) is 6.33 Å². The van der Waals surface area contributed by atoms with E-state index in [0.717, 1.165) is 24.1 Å². The molecule has 8 nitrogen and oxygen atoms in total. The van der Waals surface area contributed by atoms with Crippen LogP contribution in [-0.2, 0) is 11.2 Å². The van der Waals surface area contributed by atoms with Crippen molar-refractivity contribution >= 4 is 23.0 Å². The third kappa shape index (κ3) is 4.39. The number of aryl methyl sites for hydroxylation is 1. The van der Waals surface area contributed by atoms with Crippen LogP contribution in [0.5, 0.6) is 0 Å². The van der Waals surface area contributed by atoms with Gasteiger partial charge in [0.25, 0.3) is 0 Å². The third-order valence-corrected chi connectivity index (χ3v) is 3.47. The van der Waals surface area contributed by atoms with E-state index in [2.05, 4.69) is 20.6 Å². The van der Waals surface area contributed by atoms with Gasteiger partial charge >= 0.3 is 5.69 Å². The molecule has 0 atom stereocenters. The zero-order valence-corrected chi connectivity index (χ0v) is 13.8. The van der Waals surface area contributed by atoms with Crippen LogP contribution in [0.15, 0.2) is 30.6 Å². The van der Waals surface area contributed by atoms with E-state index in [1.54, 1.807) is 7.11 Å². The first-order valence-electron chi connectivity index (χ1n) is 7.74. The lowest BCUT2D eigenvalue weighted by atomic mass is 10.1. The zero-order valence-electron chi connectivity index (χ0n) is 13.8. The maximum absolute atomic E-state index is 11.5. The van der Waals surface area contributed by atoms with E-state index in [9.17, 15) is 10.1 Å². The Balaban J connectivity index is 2.27. The molecule has 0 fully saturated rings. The topological polar surface area (TPSA) is 102 Å². The Bertz CT molecular complexity index is 693. The number of nitrogens with one attached hydrogen (secondary N) is 2. The van der Waals surface area contributed by atoms with Gasteiger partial charge in [0, 0.05) is 25.9 Å². The van der Waals surface area contributed by atoms with Crippen LogP contribution in [-0.4, -0.2) is 35.2 Å². The van der Waals surface area contributed by atoms with Crippen LogP contribution >= 0.6 is 0 Å². The van der Waals surface area contributed by atoms with Crippen LogP contribution < -0.4 is 10.6 Å². The third-order valence-electron chi connectivity index (χ3n) is 3.47. The molecule has 2 N–H and O–H groups in total. The SMILES string of the molecule is CCc1ccccc1Nc1ncnc(NCCCOC)c1[N+](=O)[O-]. The van der Waals surface area contributed by atoms with Gasteiger partial charge in [-0.3, -0.25) is 10.1 Å². The largest absolute Gasteiger partial charge is 0.385 e. The minimum atomic E-state index is -0.477. The summed E-state index contributed by atoms with van der Waals surface area (Å²) in [5, 5.41) is 17.5. The van der Waals surface area contributed by atoms with Crippen molar-refractivity contribution in [3.05, 3.63) is 46.3 Å². The molecule has 0 saturated carbocycles. The van der Waals surface area contributed by atoms with Crippen LogP contribution in [0.1, 0.15) is 18.9 Å². The molecule has 0 amide bonds. The molecule has 2 rings (SSSR count). The molecule has 1 heterocycles. The zero-order chi connectivity index (χ0) is 17.4. The van der Waals surface area contributed by atoms with E-state index in [1.165, 1.54) is 6.33 Å². The van der Waals surface area contributed by atoms with Crippen molar-refractivity contribution in [2.24, 2.45) is 0 Å². The fourth-order valence-corrected chi connectivity index (χ4v) is 2.27. The van der Waals surface area contributed by atoms with Gasteiger partial charge in [0.15, 0.2) is 0 Å². The lowest BCUT2D eigenvalue weighted by Crippen LogP contribution is -2.10. The minimum absolute atomic E-state index is 0.166. The van der Waals surface area contributed by atoms with Gasteiger partial charge in [-0.2, -0.15) is 0 Å². The highest BCUT2D eigenvalue weighted by Gasteiger charge is 2.23. The molecular formula is C16H21N5O3. The van der Waals surface area contributed by atoms with Gasteiger partial charge in [-0.1, -0.05) is 25.1 Å². The summed E-state index contributed by atoms with van der Waals surface area (Å²) >= 11 is 0. The van der Waals surface area contributed by atoms with E-state index >= 15 is 0 Å². The number of ether oxygens (including phenoxy) is 1. The highest BCUT2D eigenvalue weighted by molar-refractivity contribution is 5.74. The summed E-state index contributed by atoms with van der Waals surface area (Å²) < 4.78 is 4.97. The Hall–Kier alpha value is -2.74. The molecule has 0 aliphatic heterocycles. The fourth-order valence-electron chi connectivity index (χ4n) is 2.27. The van der Waals surface area contributed by atoms with Crippen LogP contribution in [0.2, 0.25) is 0 Å². The Morgan fingerprint density at radius 2 is 2.00 bits per heavy atom. The molecule has 0 unspecified atom stereocenters. The molecule has 1 aromatic carbocycles. The molecule has 8 heteroatoms. The molecule has 0 saturated heterocycles. The average molecular weight is 331 g/mol. The summed E-state index contributed by atoms with van der Waals surface area (Å²) in [6.07, 6.45) is 2.84. The van der Waals surface area contributed by atoms with E-state index in [0.29, 0.717) is 13.2 Å². The number of methoxy groups -OCH3 is 1. The molecular weight excluding hydrogens is 310 g/mol. The minimum Gasteiger partial charge on any atom is -0.385 e. The molecule has 2 aromatic rings. The number of aromatic nitrogens is 2. The molecule has 0 aliphatic rings. The first-order chi connectivity index (χ1) is 11.7. The number of rotatable bonds is 9. The number of nitro groups is 1. The Morgan fingerprint density at radius 3 is 2.71 bits per heavy atom. The molecule has 0 aliphatic carbocycles. The number of hydrogen-bond acceptors (Lipinski definition) is 7. The summed E-state index contributed by atoms with van der Waals surface area (Å²) in [7, 11) is 1.61. The fraction of sp³-hybridized carbons (Fsp3) is 0.375. The normalized spacial score (nSPS) is 10.4. The maximum Gasteiger partial charge on any atom is 0.353 e. The first-order valence-corrected chi connectivity index (χ1v) is 7.74. The number of nitrogens with zero attached hydrogens (tertiary/aromatic N) is 3. The van der Waals surface area contributed by atoms with Gasteiger partial charge in [-0.15, -0.1) is 0 Å². The van der Waals surface area contributed by atoms with Crippen molar-refractivity contribution < 1.29 is 9.66 Å². The number of anilines is 3. The predicted octanol–water partition coefficient (Wildman–Crippen LogP) is 3.14. The van der Waals surface area contributed by atoms with Crippen LogP contribution in [0.25, 0.3) is 0 Å². The smallest absolute Gasteiger partial charge is 0.353 e. The van der Waals surface area contributed by atoms with Gasteiger partial charge in [0.2, 0.25) is 11.6 Å². The van der Waals surface area contributed by atoms with Crippen molar-refractivity contribution in [3.8, 4) is 0 Å². The molecule has 0 radical (unpaired) electrons. The Kier molecular flexibility index (Phi) is 6.44. The number of benzene rings is 1. The van der Waals surface area contributed by atoms with Crippen molar-refractivity contribution in [3.63, 3.8) is 0 Å². The van der Waals surface area contributed by atoms with Crippen molar-refractivity contribution in [1.29, 1.82) is 0 Å². The van der Waals surface area contributed by atoms with Gasteiger partial charge in [-0.25, -0.2) is 9.97 Å². The standard InChI is InChI=1S/C16H21N5O3/c1-3-12-7-4-5-8-13(12)20-16-14(21(22)23)15(18-11-19-16)17-9-6-10-24-2/h4-5,7-8,11H,3,6,9-10H2,1-2H3,(H2,17,18,19,20). The van der Waals surface area contributed by atoms with Crippen LogP contribution in [0.3, 0.4) is 0 Å². The predicted molar refractivity (Wildman–Crippen MR) is 92.8 cm³/mol. The Labute approximate surface area is 140 Å². The summed E-state index contributed by atoms with van der Waals surface area (Å²) in [5.74, 6) is 0.368. The van der Waals surface area contributed by atoms with Gasteiger partial charge in [-0.05, 0) is 24.5 Å². The Morgan fingerprint density at radius 1 is 1.25 bits per heavy atom. The second kappa shape index (κ2) is 8.78. The van der Waals surface area contributed by atoms with Gasteiger partial charge in [0.05, 0.1) is 4.92 Å².